The molecule has 0 saturated carbocycles. The number of hydrogen-bond donors (Lipinski definition) is 2. The van der Waals surface area contributed by atoms with Gasteiger partial charge < -0.3 is 24.7 Å². The Labute approximate surface area is 327 Å². The number of fused-ring (bicyclic) bond motifs is 4. The first-order valence-electron chi connectivity index (χ1n) is 19.8. The highest BCUT2D eigenvalue weighted by molar-refractivity contribution is 6.01. The average molecular weight is 749 g/mol. The molecule has 1 aliphatic heterocycles. The zero-order valence-electron chi connectivity index (χ0n) is 34.3. The summed E-state index contributed by atoms with van der Waals surface area (Å²) in [6.45, 7) is 19.4. The average Bonchev–Trinajstić information content (AvgIpc) is 3.48. The molecule has 0 unspecified atom stereocenters. The van der Waals surface area contributed by atoms with Crippen LogP contribution in [0.1, 0.15) is 90.7 Å². The lowest BCUT2D eigenvalue weighted by atomic mass is 9.84. The van der Waals surface area contributed by atoms with E-state index in [1.165, 1.54) is 0 Å². The van der Waals surface area contributed by atoms with E-state index in [1.54, 1.807) is 14.2 Å². The van der Waals surface area contributed by atoms with Gasteiger partial charge in [-0.05, 0) is 105 Å². The van der Waals surface area contributed by atoms with Gasteiger partial charge in [0.25, 0.3) is 0 Å². The second kappa shape index (κ2) is 17.9. The number of benzene rings is 2. The predicted molar refractivity (Wildman–Crippen MR) is 221 cm³/mol. The van der Waals surface area contributed by atoms with E-state index >= 15 is 0 Å². The van der Waals surface area contributed by atoms with Crippen LogP contribution in [0.25, 0.3) is 33.3 Å². The van der Waals surface area contributed by atoms with Crippen LogP contribution in [0.3, 0.4) is 0 Å². The molecule has 294 valence electrons. The summed E-state index contributed by atoms with van der Waals surface area (Å²) in [5, 5.41) is 7.31. The molecule has 9 nitrogen and oxygen atoms in total. The smallest absolute Gasteiger partial charge is 0.323 e. The maximum atomic E-state index is 14.0. The number of esters is 1. The minimum Gasteiger partial charge on any atom is -0.464 e. The Morgan fingerprint density at radius 2 is 1.80 bits per heavy atom. The number of hydrogen-bond acceptors (Lipinski definition) is 7. The number of carbonyl (C=O) groups is 3. The second-order valence-corrected chi connectivity index (χ2v) is 16.3. The number of nitrogens with zero attached hydrogens (tertiary/aromatic N) is 2. The molecule has 3 heterocycles. The van der Waals surface area contributed by atoms with Gasteiger partial charge in [-0.15, -0.1) is 0 Å². The number of carbonyl (C=O) groups excluding carboxylic acids is 3. The number of nitrogens with one attached hydrogen (secondary N) is 2. The number of aromatic nitrogens is 2. The van der Waals surface area contributed by atoms with Crippen molar-refractivity contribution in [3.8, 4) is 22.4 Å². The molecule has 4 aromatic rings. The van der Waals surface area contributed by atoms with Gasteiger partial charge in [0.1, 0.15) is 6.04 Å². The molecule has 1 aliphatic rings. The van der Waals surface area contributed by atoms with E-state index in [0.29, 0.717) is 37.7 Å². The predicted octanol–water partition coefficient (Wildman–Crippen LogP) is 8.43. The molecule has 0 radical (unpaired) electrons. The van der Waals surface area contributed by atoms with Crippen molar-refractivity contribution < 1.29 is 23.9 Å². The molecule has 4 atom stereocenters. The fourth-order valence-corrected chi connectivity index (χ4v) is 7.57. The van der Waals surface area contributed by atoms with Crippen molar-refractivity contribution in [1.29, 1.82) is 0 Å². The Bertz CT molecular complexity index is 2030. The molecular formula is C46H60N4O5. The molecule has 4 bridgehead atoms. The summed E-state index contributed by atoms with van der Waals surface area (Å²) in [7, 11) is 3.45. The van der Waals surface area contributed by atoms with Gasteiger partial charge in [-0.25, -0.2) is 0 Å². The van der Waals surface area contributed by atoms with Crippen molar-refractivity contribution in [2.75, 3.05) is 20.8 Å². The highest BCUT2D eigenvalue weighted by Gasteiger charge is 2.31. The van der Waals surface area contributed by atoms with Crippen molar-refractivity contribution in [2.45, 2.75) is 105 Å². The van der Waals surface area contributed by atoms with Crippen molar-refractivity contribution in [3.05, 3.63) is 89.8 Å². The first-order chi connectivity index (χ1) is 26.2. The summed E-state index contributed by atoms with van der Waals surface area (Å²) in [5.74, 6) is -0.809. The number of rotatable bonds is 8. The third-order valence-corrected chi connectivity index (χ3v) is 11.3. The van der Waals surface area contributed by atoms with Crippen LogP contribution in [-0.4, -0.2) is 60.1 Å². The Hall–Kier alpha value is -4.60. The topological polar surface area (TPSA) is 112 Å². The fraction of sp³-hybridized carbons (Fsp3) is 0.478. The van der Waals surface area contributed by atoms with Gasteiger partial charge >= 0.3 is 5.97 Å². The quantitative estimate of drug-likeness (QED) is 0.138. The monoisotopic (exact) mass is 748 g/mol. The molecule has 2 aromatic heterocycles. The summed E-state index contributed by atoms with van der Waals surface area (Å²) < 4.78 is 14.2. The van der Waals surface area contributed by atoms with Gasteiger partial charge in [0.05, 0.1) is 30.1 Å². The molecule has 5 rings (SSSR count). The van der Waals surface area contributed by atoms with Crippen molar-refractivity contribution in [1.82, 2.24) is 20.2 Å². The van der Waals surface area contributed by atoms with Crippen LogP contribution in [0.15, 0.2) is 72.9 Å². The maximum Gasteiger partial charge on any atom is 0.323 e. The van der Waals surface area contributed by atoms with Gasteiger partial charge in [-0.2, -0.15) is 0 Å². The molecule has 1 amide bonds. The number of cyclic esters (lactones) is 1. The van der Waals surface area contributed by atoms with E-state index in [1.807, 2.05) is 52.1 Å². The van der Waals surface area contributed by atoms with Crippen molar-refractivity contribution in [3.63, 3.8) is 0 Å². The molecule has 9 heteroatoms. The van der Waals surface area contributed by atoms with Gasteiger partial charge in [0.2, 0.25) is 5.91 Å². The minimum absolute atomic E-state index is 0.119. The Morgan fingerprint density at radius 3 is 2.49 bits per heavy atom. The van der Waals surface area contributed by atoms with E-state index in [0.717, 1.165) is 56.7 Å². The van der Waals surface area contributed by atoms with Crippen LogP contribution in [0.2, 0.25) is 0 Å². The molecule has 2 aromatic carbocycles. The summed E-state index contributed by atoms with van der Waals surface area (Å²) in [4.78, 5) is 45.7. The third-order valence-electron chi connectivity index (χ3n) is 11.3. The van der Waals surface area contributed by atoms with Crippen LogP contribution in [0.5, 0.6) is 0 Å². The number of pyridine rings is 1. The number of amides is 1. The van der Waals surface area contributed by atoms with E-state index in [9.17, 15) is 14.4 Å². The molecular weight excluding hydrogens is 689 g/mol. The largest absolute Gasteiger partial charge is 0.464 e. The van der Waals surface area contributed by atoms with Crippen LogP contribution in [0.4, 0.5) is 0 Å². The van der Waals surface area contributed by atoms with Gasteiger partial charge in [-0.1, -0.05) is 71.5 Å². The summed E-state index contributed by atoms with van der Waals surface area (Å²) in [6, 6.07) is 17.6. The van der Waals surface area contributed by atoms with Gasteiger partial charge in [0.15, 0.2) is 5.78 Å². The van der Waals surface area contributed by atoms with Crippen LogP contribution >= 0.6 is 0 Å². The molecule has 2 N–H and O–H groups in total. The Morgan fingerprint density at radius 1 is 1.05 bits per heavy atom. The standard InChI is InChI=1S/C46H60N4O5/c1-11-50-40-21-20-34-25-36(40)37(42(50)35-18-14-22-48-41(35)31(6)54-10)26-46(7,8)27-55-45(53)38(47-9)19-12-15-29(4)43(51)39(49-44(52)30(5)28(2)3)24-32-16-13-17-33(34)23-32/h13-14,16-18,20-23,25,28,30-31,38-39,47H,4,11-12,15,19,24,26-27H2,1-3,5-10H3,(H,49,52)/t30-,31-,38-,39-/m0/s1. The second-order valence-electron chi connectivity index (χ2n) is 16.3. The summed E-state index contributed by atoms with van der Waals surface area (Å²) in [5.41, 5.74) is 8.21. The normalized spacial score (nSPS) is 19.6. The van der Waals surface area contributed by atoms with Crippen LogP contribution in [0, 0.1) is 17.3 Å². The Balaban J connectivity index is 1.70. The Kier molecular flexibility index (Phi) is 13.5. The first kappa shape index (κ1) is 41.6. The first-order valence-corrected chi connectivity index (χ1v) is 19.8. The zero-order chi connectivity index (χ0) is 40.0. The maximum absolute atomic E-state index is 14.0. The van der Waals surface area contributed by atoms with Gasteiger partial charge in [-0.3, -0.25) is 19.4 Å². The van der Waals surface area contributed by atoms with Crippen LogP contribution in [-0.2, 0) is 43.2 Å². The number of aryl methyl sites for hydroxylation is 1. The van der Waals surface area contributed by atoms with Crippen molar-refractivity contribution in [2.24, 2.45) is 17.3 Å². The van der Waals surface area contributed by atoms with E-state index < -0.39 is 17.5 Å². The summed E-state index contributed by atoms with van der Waals surface area (Å²) in [6.07, 6.45) is 3.98. The highest BCUT2D eigenvalue weighted by Crippen LogP contribution is 2.42. The lowest BCUT2D eigenvalue weighted by molar-refractivity contribution is -0.149. The fourth-order valence-electron chi connectivity index (χ4n) is 7.57. The lowest BCUT2D eigenvalue weighted by Gasteiger charge is -2.27. The number of likely N-dealkylation sites (N-methyl/N-ethyl adjacent to an activating group) is 1. The lowest BCUT2D eigenvalue weighted by Crippen LogP contribution is -2.45. The molecule has 0 aliphatic carbocycles. The minimum atomic E-state index is -0.771. The molecule has 0 fully saturated rings. The van der Waals surface area contributed by atoms with E-state index in [2.05, 4.69) is 78.9 Å². The molecule has 0 saturated heterocycles. The summed E-state index contributed by atoms with van der Waals surface area (Å²) >= 11 is 0. The van der Waals surface area contributed by atoms with E-state index in [-0.39, 0.29) is 42.2 Å². The number of methoxy groups -OCH3 is 1. The highest BCUT2D eigenvalue weighted by atomic mass is 16.5. The third kappa shape index (κ3) is 9.45. The number of ether oxygens (including phenoxy) is 2. The number of Topliss-reactive ketones (excluding diaryl/α,β-unsaturated/α-hetero) is 1. The van der Waals surface area contributed by atoms with Gasteiger partial charge in [0, 0.05) is 54.1 Å². The van der Waals surface area contributed by atoms with Crippen LogP contribution < -0.4 is 10.6 Å². The zero-order valence-corrected chi connectivity index (χ0v) is 34.3. The number of ketones is 1. The molecule has 55 heavy (non-hydrogen) atoms. The van der Waals surface area contributed by atoms with Crippen molar-refractivity contribution >= 4 is 28.6 Å². The SMILES string of the molecule is C=C1CCC[C@H](NC)C(=O)OCC(C)(C)Cc2c(-c3cccnc3[C@H](C)OC)n(CC)c3ccc(cc23)-c2cccc(c2)C[C@H](NC(=O)[C@@H](C)C(C)C)C1=O. The van der Waals surface area contributed by atoms with E-state index in [4.69, 9.17) is 14.5 Å². The molecule has 0 spiro atoms.